The highest BCUT2D eigenvalue weighted by molar-refractivity contribution is 5.85. The van der Waals surface area contributed by atoms with E-state index < -0.39 is 0 Å². The molecular weight excluding hydrogens is 298 g/mol. The number of hydrogen-bond acceptors (Lipinski definition) is 4. The topological polar surface area (TPSA) is 52.2 Å². The minimum atomic E-state index is 0.611. The number of nitrogens with one attached hydrogen (secondary N) is 1. The lowest BCUT2D eigenvalue weighted by Crippen LogP contribution is -2.28. The van der Waals surface area contributed by atoms with Crippen molar-refractivity contribution in [2.45, 2.75) is 6.92 Å². The second kappa shape index (κ2) is 5.34. The Labute approximate surface area is 140 Å². The standard InChI is InChI=1S/C20H15N3O/c1-13-3-6-18-15(9-13)11-19(24-18)17-5-4-16-10-14(12-21)7-8-23(16)20(17)22-2/h3,5-11,22H,1-2H3. The zero-order valence-electron chi connectivity index (χ0n) is 13.4. The molecule has 0 saturated heterocycles. The monoisotopic (exact) mass is 313 g/mol. The number of hydrogen-bond donors (Lipinski definition) is 1. The molecule has 2 aliphatic rings. The highest BCUT2D eigenvalue weighted by Gasteiger charge is 2.22. The number of nitriles is 1. The molecule has 0 bridgehead atoms. The fourth-order valence-electron chi connectivity index (χ4n) is 2.96. The zero-order chi connectivity index (χ0) is 16.7. The number of fused-ring (bicyclic) bond motifs is 2. The third kappa shape index (κ3) is 2.16. The van der Waals surface area contributed by atoms with Crippen LogP contribution in [0.2, 0.25) is 0 Å². The van der Waals surface area contributed by atoms with Gasteiger partial charge in [-0.1, -0.05) is 17.4 Å². The summed E-state index contributed by atoms with van der Waals surface area (Å²) in [6.45, 7) is 2.07. The maximum atomic E-state index is 9.06. The summed E-state index contributed by atoms with van der Waals surface area (Å²) in [7, 11) is 1.87. The molecule has 0 spiro atoms. The number of furan rings is 1. The van der Waals surface area contributed by atoms with Crippen LogP contribution >= 0.6 is 0 Å². The van der Waals surface area contributed by atoms with E-state index in [1.807, 2.05) is 48.5 Å². The first-order valence-corrected chi connectivity index (χ1v) is 7.68. The first-order chi connectivity index (χ1) is 11.7. The summed E-state index contributed by atoms with van der Waals surface area (Å²) >= 11 is 0. The highest BCUT2D eigenvalue weighted by atomic mass is 16.3. The van der Waals surface area contributed by atoms with Gasteiger partial charge in [0.25, 0.3) is 0 Å². The van der Waals surface area contributed by atoms with Gasteiger partial charge in [-0.2, -0.15) is 5.26 Å². The molecule has 0 fully saturated rings. The minimum Gasteiger partial charge on any atom is -0.456 e. The molecule has 0 radical (unpaired) electrons. The second-order valence-corrected chi connectivity index (χ2v) is 5.74. The quantitative estimate of drug-likeness (QED) is 0.853. The molecule has 2 aromatic rings. The van der Waals surface area contributed by atoms with Crippen molar-refractivity contribution in [2.24, 2.45) is 0 Å². The molecule has 4 heteroatoms. The SMILES string of the molecule is CNC1=C(c2cc3cc(C)ccc3o2)C=C=C2C=C(C#N)C=CN21. The van der Waals surface area contributed by atoms with E-state index in [2.05, 4.69) is 30.1 Å². The normalized spacial score (nSPS) is 16.0. The Morgan fingerprint density at radius 3 is 2.96 bits per heavy atom. The van der Waals surface area contributed by atoms with Crippen LogP contribution in [0.1, 0.15) is 11.3 Å². The van der Waals surface area contributed by atoms with Gasteiger partial charge in [0, 0.05) is 18.6 Å². The van der Waals surface area contributed by atoms with Gasteiger partial charge in [-0.3, -0.25) is 4.90 Å². The molecule has 4 rings (SSSR count). The van der Waals surface area contributed by atoms with Crippen molar-refractivity contribution in [3.8, 4) is 6.07 Å². The second-order valence-electron chi connectivity index (χ2n) is 5.74. The van der Waals surface area contributed by atoms with E-state index in [1.54, 1.807) is 6.08 Å². The van der Waals surface area contributed by atoms with Crippen LogP contribution < -0.4 is 5.32 Å². The van der Waals surface area contributed by atoms with Crippen molar-refractivity contribution in [1.82, 2.24) is 10.2 Å². The predicted octanol–water partition coefficient (Wildman–Crippen LogP) is 3.96. The van der Waals surface area contributed by atoms with Crippen molar-refractivity contribution >= 4 is 16.5 Å². The molecule has 1 aromatic heterocycles. The maximum absolute atomic E-state index is 9.06. The van der Waals surface area contributed by atoms with E-state index in [-0.39, 0.29) is 0 Å². The van der Waals surface area contributed by atoms with Gasteiger partial charge in [0.2, 0.25) is 0 Å². The summed E-state index contributed by atoms with van der Waals surface area (Å²) in [6, 6.07) is 10.3. The first-order valence-electron chi connectivity index (χ1n) is 7.68. The number of benzene rings is 1. The van der Waals surface area contributed by atoms with Crippen LogP contribution in [0.5, 0.6) is 0 Å². The number of aryl methyl sites for hydroxylation is 1. The van der Waals surface area contributed by atoms with Gasteiger partial charge in [-0.05, 0) is 43.4 Å². The lowest BCUT2D eigenvalue weighted by atomic mass is 10.1. The van der Waals surface area contributed by atoms with Gasteiger partial charge < -0.3 is 9.73 Å². The van der Waals surface area contributed by atoms with Crippen molar-refractivity contribution in [3.63, 3.8) is 0 Å². The number of nitrogens with zero attached hydrogens (tertiary/aromatic N) is 2. The van der Waals surface area contributed by atoms with Gasteiger partial charge >= 0.3 is 0 Å². The van der Waals surface area contributed by atoms with Crippen LogP contribution in [-0.2, 0) is 0 Å². The summed E-state index contributed by atoms with van der Waals surface area (Å²) in [4.78, 5) is 1.97. The van der Waals surface area contributed by atoms with Gasteiger partial charge in [0.1, 0.15) is 17.2 Å². The Morgan fingerprint density at radius 2 is 2.17 bits per heavy atom. The average molecular weight is 313 g/mol. The third-order valence-corrected chi connectivity index (χ3v) is 4.12. The van der Waals surface area contributed by atoms with E-state index in [9.17, 15) is 0 Å². The molecule has 4 nitrogen and oxygen atoms in total. The Balaban J connectivity index is 1.87. The largest absolute Gasteiger partial charge is 0.456 e. The summed E-state index contributed by atoms with van der Waals surface area (Å²) < 4.78 is 6.02. The fraction of sp³-hybridized carbons (Fsp3) is 0.100. The Hall–Kier alpha value is -3.41. The fourth-order valence-corrected chi connectivity index (χ4v) is 2.96. The molecule has 0 atom stereocenters. The molecule has 1 aromatic carbocycles. The van der Waals surface area contributed by atoms with Crippen LogP contribution in [0.15, 0.2) is 75.9 Å². The van der Waals surface area contributed by atoms with Crippen LogP contribution in [0.25, 0.3) is 16.5 Å². The van der Waals surface area contributed by atoms with Crippen LogP contribution in [0.4, 0.5) is 0 Å². The van der Waals surface area contributed by atoms with Gasteiger partial charge in [-0.15, -0.1) is 0 Å². The average Bonchev–Trinajstić information content (AvgIpc) is 3.02. The Kier molecular flexibility index (Phi) is 3.16. The van der Waals surface area contributed by atoms with Crippen molar-refractivity contribution in [3.05, 3.63) is 82.8 Å². The Bertz CT molecular complexity index is 1050. The molecule has 2 aliphatic heterocycles. The van der Waals surface area contributed by atoms with E-state index in [0.717, 1.165) is 33.8 Å². The molecule has 3 heterocycles. The van der Waals surface area contributed by atoms with Crippen LogP contribution in [0.3, 0.4) is 0 Å². The summed E-state index contributed by atoms with van der Waals surface area (Å²) in [6.07, 6.45) is 7.36. The number of rotatable bonds is 2. The smallest absolute Gasteiger partial charge is 0.139 e. The minimum absolute atomic E-state index is 0.611. The lowest BCUT2D eigenvalue weighted by molar-refractivity contribution is 0.534. The maximum Gasteiger partial charge on any atom is 0.139 e. The van der Waals surface area contributed by atoms with E-state index in [0.29, 0.717) is 5.57 Å². The summed E-state index contributed by atoms with van der Waals surface area (Å²) in [5.41, 5.74) is 7.66. The predicted molar refractivity (Wildman–Crippen MR) is 93.2 cm³/mol. The van der Waals surface area contributed by atoms with Crippen LogP contribution in [0, 0.1) is 18.3 Å². The van der Waals surface area contributed by atoms with Crippen molar-refractivity contribution in [1.29, 1.82) is 5.26 Å². The molecule has 0 unspecified atom stereocenters. The van der Waals surface area contributed by atoms with E-state index >= 15 is 0 Å². The van der Waals surface area contributed by atoms with Crippen LogP contribution in [-0.4, -0.2) is 11.9 Å². The van der Waals surface area contributed by atoms with Gasteiger partial charge in [0.15, 0.2) is 0 Å². The molecule has 0 aliphatic carbocycles. The lowest BCUT2D eigenvalue weighted by Gasteiger charge is -2.28. The van der Waals surface area contributed by atoms with Gasteiger partial charge in [0.05, 0.1) is 22.9 Å². The first kappa shape index (κ1) is 14.2. The molecule has 1 N–H and O–H groups in total. The molecular formula is C20H15N3O. The molecule has 0 saturated carbocycles. The molecule has 0 amide bonds. The molecule has 116 valence electrons. The van der Waals surface area contributed by atoms with E-state index in [1.165, 1.54) is 5.56 Å². The number of allylic oxidation sites excluding steroid dienone is 4. The van der Waals surface area contributed by atoms with Gasteiger partial charge in [-0.25, -0.2) is 0 Å². The van der Waals surface area contributed by atoms with E-state index in [4.69, 9.17) is 9.68 Å². The third-order valence-electron chi connectivity index (χ3n) is 4.12. The Morgan fingerprint density at radius 1 is 1.29 bits per heavy atom. The van der Waals surface area contributed by atoms with Crippen molar-refractivity contribution in [2.75, 3.05) is 7.05 Å². The van der Waals surface area contributed by atoms with Crippen molar-refractivity contribution < 1.29 is 4.42 Å². The zero-order valence-corrected chi connectivity index (χ0v) is 13.4. The highest BCUT2D eigenvalue weighted by Crippen LogP contribution is 2.33. The summed E-state index contributed by atoms with van der Waals surface area (Å²) in [5.74, 6) is 1.68. The summed E-state index contributed by atoms with van der Waals surface area (Å²) in [5, 5.41) is 13.4. The molecule has 24 heavy (non-hydrogen) atoms.